The third kappa shape index (κ3) is 3.35. The summed E-state index contributed by atoms with van der Waals surface area (Å²) in [5.41, 5.74) is 1.36. The lowest BCUT2D eigenvalue weighted by molar-refractivity contribution is 0.299. The van der Waals surface area contributed by atoms with Crippen LogP contribution < -0.4 is 5.56 Å². The number of hydrogen-bond donors (Lipinski definition) is 0. The Morgan fingerprint density at radius 2 is 1.89 bits per heavy atom. The second-order valence-corrected chi connectivity index (χ2v) is 5.22. The molecule has 0 aliphatic carbocycles. The summed E-state index contributed by atoms with van der Waals surface area (Å²) in [6.45, 7) is 0.425. The Bertz CT molecular complexity index is 653. The van der Waals surface area contributed by atoms with Gasteiger partial charge in [0.25, 0.3) is 5.56 Å². The van der Waals surface area contributed by atoms with Gasteiger partial charge in [-0.05, 0) is 32.3 Å². The van der Waals surface area contributed by atoms with E-state index < -0.39 is 0 Å². The van der Waals surface area contributed by atoms with Crippen molar-refractivity contribution in [2.24, 2.45) is 0 Å². The predicted molar refractivity (Wildman–Crippen MR) is 77.6 cm³/mol. The van der Waals surface area contributed by atoms with Crippen LogP contribution in [0.25, 0.3) is 11.3 Å². The average molecular weight is 298 g/mol. The van der Waals surface area contributed by atoms with Crippen molar-refractivity contribution >= 4 is 23.2 Å². The van der Waals surface area contributed by atoms with Gasteiger partial charge in [-0.2, -0.15) is 5.10 Å². The molecule has 0 fully saturated rings. The summed E-state index contributed by atoms with van der Waals surface area (Å²) in [4.78, 5) is 13.6. The fraction of sp³-hybridized carbons (Fsp3) is 0.231. The number of halogens is 2. The summed E-state index contributed by atoms with van der Waals surface area (Å²) in [7, 11) is 3.75. The zero-order valence-electron chi connectivity index (χ0n) is 10.6. The van der Waals surface area contributed by atoms with E-state index in [2.05, 4.69) is 5.10 Å². The molecule has 2 aromatic rings. The SMILES string of the molecule is CN(C)Cn1nc(-c2ccc(Cl)c(Cl)c2)ccc1=O. The van der Waals surface area contributed by atoms with Crippen LogP contribution in [-0.2, 0) is 6.67 Å². The van der Waals surface area contributed by atoms with Crippen LogP contribution in [0.4, 0.5) is 0 Å². The minimum atomic E-state index is -0.141. The maximum absolute atomic E-state index is 11.7. The standard InChI is InChI=1S/C13H13Cl2N3O/c1-17(2)8-18-13(19)6-5-12(16-18)9-3-4-10(14)11(15)7-9/h3-7H,8H2,1-2H3. The molecule has 4 nitrogen and oxygen atoms in total. The molecular weight excluding hydrogens is 285 g/mol. The summed E-state index contributed by atoms with van der Waals surface area (Å²) in [6, 6.07) is 8.43. The third-order valence-corrected chi connectivity index (χ3v) is 3.24. The van der Waals surface area contributed by atoms with Crippen LogP contribution in [-0.4, -0.2) is 28.8 Å². The first-order chi connectivity index (χ1) is 8.97. The lowest BCUT2D eigenvalue weighted by atomic mass is 10.1. The fourth-order valence-corrected chi connectivity index (χ4v) is 1.93. The first kappa shape index (κ1) is 14.1. The monoisotopic (exact) mass is 297 g/mol. The molecular formula is C13H13Cl2N3O. The molecule has 0 bridgehead atoms. The van der Waals surface area contributed by atoms with E-state index in [1.807, 2.05) is 25.1 Å². The van der Waals surface area contributed by atoms with Gasteiger partial charge in [-0.3, -0.25) is 9.69 Å². The summed E-state index contributed by atoms with van der Waals surface area (Å²) in [6.07, 6.45) is 0. The van der Waals surface area contributed by atoms with Crippen molar-refractivity contribution in [1.29, 1.82) is 0 Å². The molecule has 0 radical (unpaired) electrons. The van der Waals surface area contributed by atoms with Crippen LogP contribution >= 0.6 is 23.2 Å². The van der Waals surface area contributed by atoms with Gasteiger partial charge in [0.2, 0.25) is 0 Å². The zero-order chi connectivity index (χ0) is 14.0. The number of hydrogen-bond acceptors (Lipinski definition) is 3. The smallest absolute Gasteiger partial charge is 0.268 e. The highest BCUT2D eigenvalue weighted by Crippen LogP contribution is 2.26. The number of aromatic nitrogens is 2. The van der Waals surface area contributed by atoms with Gasteiger partial charge in [-0.25, -0.2) is 4.68 Å². The molecule has 0 aliphatic rings. The van der Waals surface area contributed by atoms with Crippen LogP contribution in [0.5, 0.6) is 0 Å². The van der Waals surface area contributed by atoms with Crippen molar-refractivity contribution in [3.8, 4) is 11.3 Å². The van der Waals surface area contributed by atoms with E-state index in [4.69, 9.17) is 23.2 Å². The van der Waals surface area contributed by atoms with E-state index in [1.54, 1.807) is 18.2 Å². The molecule has 0 atom stereocenters. The Kier molecular flexibility index (Phi) is 4.24. The molecule has 6 heteroatoms. The number of benzene rings is 1. The van der Waals surface area contributed by atoms with Crippen molar-refractivity contribution in [2.75, 3.05) is 14.1 Å². The highest BCUT2D eigenvalue weighted by Gasteiger charge is 2.06. The van der Waals surface area contributed by atoms with Crippen molar-refractivity contribution in [3.63, 3.8) is 0 Å². The largest absolute Gasteiger partial charge is 0.290 e. The second-order valence-electron chi connectivity index (χ2n) is 4.41. The van der Waals surface area contributed by atoms with E-state index >= 15 is 0 Å². The molecule has 100 valence electrons. The highest BCUT2D eigenvalue weighted by atomic mass is 35.5. The molecule has 0 saturated carbocycles. The normalized spacial score (nSPS) is 11.0. The first-order valence-electron chi connectivity index (χ1n) is 5.65. The average Bonchev–Trinajstić information content (AvgIpc) is 2.35. The van der Waals surface area contributed by atoms with Crippen molar-refractivity contribution in [2.45, 2.75) is 6.67 Å². The van der Waals surface area contributed by atoms with Gasteiger partial charge in [-0.15, -0.1) is 0 Å². The van der Waals surface area contributed by atoms with Gasteiger partial charge in [0, 0.05) is 11.6 Å². The molecule has 0 saturated heterocycles. The maximum atomic E-state index is 11.7. The third-order valence-electron chi connectivity index (χ3n) is 2.50. The minimum Gasteiger partial charge on any atom is -0.290 e. The van der Waals surface area contributed by atoms with E-state index in [9.17, 15) is 4.79 Å². The molecule has 0 spiro atoms. The van der Waals surface area contributed by atoms with E-state index in [0.717, 1.165) is 5.56 Å². The quantitative estimate of drug-likeness (QED) is 0.874. The fourth-order valence-electron chi connectivity index (χ4n) is 1.63. The van der Waals surface area contributed by atoms with Gasteiger partial charge in [0.1, 0.15) is 0 Å². The summed E-state index contributed by atoms with van der Waals surface area (Å²) in [5, 5.41) is 5.27. The Labute approximate surface area is 121 Å². The van der Waals surface area contributed by atoms with E-state index in [0.29, 0.717) is 22.4 Å². The molecule has 0 amide bonds. The first-order valence-corrected chi connectivity index (χ1v) is 6.41. The minimum absolute atomic E-state index is 0.141. The van der Waals surface area contributed by atoms with Gasteiger partial charge in [-0.1, -0.05) is 29.3 Å². The molecule has 1 heterocycles. The Morgan fingerprint density at radius 1 is 1.16 bits per heavy atom. The van der Waals surface area contributed by atoms with Gasteiger partial charge in [0.15, 0.2) is 0 Å². The second kappa shape index (κ2) is 5.74. The lowest BCUT2D eigenvalue weighted by Gasteiger charge is -2.12. The Hall–Kier alpha value is -1.36. The highest BCUT2D eigenvalue weighted by molar-refractivity contribution is 6.42. The number of nitrogens with zero attached hydrogens (tertiary/aromatic N) is 3. The topological polar surface area (TPSA) is 38.1 Å². The molecule has 2 rings (SSSR count). The molecule has 0 N–H and O–H groups in total. The van der Waals surface area contributed by atoms with Crippen LogP contribution in [0.1, 0.15) is 0 Å². The van der Waals surface area contributed by atoms with Gasteiger partial charge < -0.3 is 0 Å². The maximum Gasteiger partial charge on any atom is 0.268 e. The molecule has 1 aromatic carbocycles. The molecule has 19 heavy (non-hydrogen) atoms. The van der Waals surface area contributed by atoms with Crippen LogP contribution in [0.3, 0.4) is 0 Å². The molecule has 0 aliphatic heterocycles. The van der Waals surface area contributed by atoms with Crippen LogP contribution in [0.2, 0.25) is 10.0 Å². The van der Waals surface area contributed by atoms with Crippen molar-refractivity contribution in [1.82, 2.24) is 14.7 Å². The van der Waals surface area contributed by atoms with Crippen molar-refractivity contribution < 1.29 is 0 Å². The number of rotatable bonds is 3. The van der Waals surface area contributed by atoms with Gasteiger partial charge in [0.05, 0.1) is 22.4 Å². The predicted octanol–water partition coefficient (Wildman–Crippen LogP) is 2.74. The Balaban J connectivity index is 2.45. The van der Waals surface area contributed by atoms with E-state index in [-0.39, 0.29) is 5.56 Å². The van der Waals surface area contributed by atoms with Gasteiger partial charge >= 0.3 is 0 Å². The van der Waals surface area contributed by atoms with Crippen LogP contribution in [0.15, 0.2) is 35.1 Å². The summed E-state index contributed by atoms with van der Waals surface area (Å²) >= 11 is 11.9. The van der Waals surface area contributed by atoms with Crippen molar-refractivity contribution in [3.05, 3.63) is 50.7 Å². The van der Waals surface area contributed by atoms with Crippen LogP contribution in [0, 0.1) is 0 Å². The Morgan fingerprint density at radius 3 is 2.53 bits per heavy atom. The lowest BCUT2D eigenvalue weighted by Crippen LogP contribution is -2.29. The zero-order valence-corrected chi connectivity index (χ0v) is 12.1. The summed E-state index contributed by atoms with van der Waals surface area (Å²) in [5.74, 6) is 0. The summed E-state index contributed by atoms with van der Waals surface area (Å²) < 4.78 is 1.40. The molecule has 1 aromatic heterocycles. The van der Waals surface area contributed by atoms with E-state index in [1.165, 1.54) is 10.7 Å². The molecule has 0 unspecified atom stereocenters.